The van der Waals surface area contributed by atoms with Crippen LogP contribution in [-0.2, 0) is 14.3 Å². The second-order valence-electron chi connectivity index (χ2n) is 3.22. The molecular weight excluding hydrogens is 260 g/mol. The molecule has 0 bridgehead atoms. The van der Waals surface area contributed by atoms with Crippen LogP contribution in [0.4, 0.5) is 0 Å². The molecule has 0 spiro atoms. The molecule has 7 heteroatoms. The average Bonchev–Trinajstić information content (AvgIpc) is 2.36. The van der Waals surface area contributed by atoms with Gasteiger partial charge in [0.2, 0.25) is 0 Å². The van der Waals surface area contributed by atoms with Gasteiger partial charge in [-0.2, -0.15) is 8.42 Å². The van der Waals surface area contributed by atoms with E-state index in [1.807, 2.05) is 0 Å². The van der Waals surface area contributed by atoms with Gasteiger partial charge in [0.15, 0.2) is 4.90 Å². The summed E-state index contributed by atoms with van der Waals surface area (Å²) >= 11 is 0. The van der Waals surface area contributed by atoms with Gasteiger partial charge < -0.3 is 14.2 Å². The minimum Gasteiger partial charge on any atom is -0.496 e. The summed E-state index contributed by atoms with van der Waals surface area (Å²) in [6, 6.07) is 2.91. The number of benzene rings is 1. The van der Waals surface area contributed by atoms with E-state index in [2.05, 4.69) is 0 Å². The van der Waals surface area contributed by atoms with Crippen molar-refractivity contribution in [1.82, 2.24) is 0 Å². The lowest BCUT2D eigenvalue weighted by molar-refractivity contribution is 0.322. The molecule has 0 atom stereocenters. The number of rotatable bonds is 6. The monoisotopic (exact) mass is 276 g/mol. The Hall–Kier alpha value is -1.47. The lowest BCUT2D eigenvalue weighted by atomic mass is 10.3. The first-order chi connectivity index (χ1) is 8.50. The van der Waals surface area contributed by atoms with Crippen LogP contribution in [-0.4, -0.2) is 36.4 Å². The van der Waals surface area contributed by atoms with Gasteiger partial charge in [-0.15, -0.1) is 0 Å². The second kappa shape index (κ2) is 5.92. The Bertz CT molecular complexity index is 483. The van der Waals surface area contributed by atoms with Crippen molar-refractivity contribution in [2.75, 3.05) is 27.9 Å². The molecule has 0 aliphatic rings. The Kier molecular flexibility index (Phi) is 4.80. The fraction of sp³-hybridized carbons (Fsp3) is 0.455. The molecule has 0 radical (unpaired) electrons. The third-order valence-corrected chi connectivity index (χ3v) is 3.64. The van der Waals surface area contributed by atoms with Crippen LogP contribution >= 0.6 is 0 Å². The molecule has 1 rings (SSSR count). The summed E-state index contributed by atoms with van der Waals surface area (Å²) in [4.78, 5) is -0.143. The molecule has 0 amide bonds. The van der Waals surface area contributed by atoms with Crippen molar-refractivity contribution < 1.29 is 26.8 Å². The number of methoxy groups -OCH3 is 3. The van der Waals surface area contributed by atoms with Crippen molar-refractivity contribution in [3.8, 4) is 17.2 Å². The van der Waals surface area contributed by atoms with Gasteiger partial charge in [-0.25, -0.2) is 0 Å². The minimum absolute atomic E-state index is 0.0284. The van der Waals surface area contributed by atoms with Crippen molar-refractivity contribution in [3.05, 3.63) is 12.1 Å². The molecule has 0 aliphatic carbocycles. The molecule has 0 fully saturated rings. The van der Waals surface area contributed by atoms with Gasteiger partial charge in [-0.3, -0.25) is 4.18 Å². The third kappa shape index (κ3) is 2.85. The Labute approximate surface area is 107 Å². The first-order valence-electron chi connectivity index (χ1n) is 5.19. The molecule has 6 nitrogen and oxygen atoms in total. The summed E-state index contributed by atoms with van der Waals surface area (Å²) < 4.78 is 43.8. The lowest BCUT2D eigenvalue weighted by Gasteiger charge is -2.14. The Balaban J connectivity index is 3.50. The zero-order valence-corrected chi connectivity index (χ0v) is 11.5. The molecule has 1 aromatic rings. The molecule has 0 aliphatic heterocycles. The van der Waals surface area contributed by atoms with E-state index in [4.69, 9.17) is 18.4 Å². The van der Waals surface area contributed by atoms with E-state index in [-0.39, 0.29) is 23.0 Å². The van der Waals surface area contributed by atoms with Crippen molar-refractivity contribution in [3.63, 3.8) is 0 Å². The molecular formula is C11H16O6S. The van der Waals surface area contributed by atoms with Gasteiger partial charge in [0.05, 0.1) is 27.9 Å². The number of hydrogen-bond donors (Lipinski definition) is 0. The van der Waals surface area contributed by atoms with E-state index in [0.717, 1.165) is 0 Å². The van der Waals surface area contributed by atoms with Gasteiger partial charge in [0, 0.05) is 12.1 Å². The summed E-state index contributed by atoms with van der Waals surface area (Å²) in [5.74, 6) is 0.651. The molecule has 18 heavy (non-hydrogen) atoms. The van der Waals surface area contributed by atoms with Gasteiger partial charge in [-0.05, 0) is 6.92 Å². The fourth-order valence-corrected chi connectivity index (χ4v) is 2.64. The molecule has 0 saturated heterocycles. The Morgan fingerprint density at radius 3 is 1.83 bits per heavy atom. The predicted octanol–water partition coefficient (Wildman–Crippen LogP) is 1.44. The maximum absolute atomic E-state index is 12.0. The van der Waals surface area contributed by atoms with Gasteiger partial charge >= 0.3 is 10.1 Å². The molecule has 0 unspecified atom stereocenters. The minimum atomic E-state index is -3.93. The molecule has 1 aromatic carbocycles. The summed E-state index contributed by atoms with van der Waals surface area (Å²) in [6.45, 7) is 1.61. The third-order valence-electron chi connectivity index (χ3n) is 2.19. The smallest absolute Gasteiger partial charge is 0.304 e. The van der Waals surface area contributed by atoms with Gasteiger partial charge in [0.1, 0.15) is 17.2 Å². The predicted molar refractivity (Wildman–Crippen MR) is 64.9 cm³/mol. The first-order valence-corrected chi connectivity index (χ1v) is 6.60. The normalized spacial score (nSPS) is 11.1. The molecule has 0 N–H and O–H groups in total. The fourth-order valence-electron chi connectivity index (χ4n) is 1.43. The van der Waals surface area contributed by atoms with Gasteiger partial charge in [-0.1, -0.05) is 0 Å². The summed E-state index contributed by atoms with van der Waals surface area (Å²) in [5.41, 5.74) is 0. The molecule has 0 saturated carbocycles. The highest BCUT2D eigenvalue weighted by Gasteiger charge is 2.26. The summed E-state index contributed by atoms with van der Waals surface area (Å²) in [6.07, 6.45) is 0. The van der Waals surface area contributed by atoms with Crippen LogP contribution in [0.2, 0.25) is 0 Å². The molecule has 102 valence electrons. The van der Waals surface area contributed by atoms with Crippen LogP contribution in [0.25, 0.3) is 0 Å². The lowest BCUT2D eigenvalue weighted by Crippen LogP contribution is -2.10. The highest BCUT2D eigenvalue weighted by atomic mass is 32.2. The van der Waals surface area contributed by atoms with E-state index < -0.39 is 10.1 Å². The quantitative estimate of drug-likeness (QED) is 0.732. The van der Waals surface area contributed by atoms with Crippen molar-refractivity contribution in [1.29, 1.82) is 0 Å². The summed E-state index contributed by atoms with van der Waals surface area (Å²) in [5, 5.41) is 0. The topological polar surface area (TPSA) is 71.1 Å². The van der Waals surface area contributed by atoms with E-state index in [1.54, 1.807) is 6.92 Å². The number of hydrogen-bond acceptors (Lipinski definition) is 6. The van der Waals surface area contributed by atoms with Crippen LogP contribution in [0.3, 0.4) is 0 Å². The Morgan fingerprint density at radius 2 is 1.50 bits per heavy atom. The van der Waals surface area contributed by atoms with E-state index in [1.165, 1.54) is 33.5 Å². The first kappa shape index (κ1) is 14.6. The second-order valence-corrected chi connectivity index (χ2v) is 4.77. The average molecular weight is 276 g/mol. The standard InChI is InChI=1S/C11H16O6S/c1-5-17-18(12,13)11-9(15-3)6-8(14-2)7-10(11)16-4/h6-7H,5H2,1-4H3. The SMILES string of the molecule is CCOS(=O)(=O)c1c(OC)cc(OC)cc1OC. The summed E-state index contributed by atoms with van der Waals surface area (Å²) in [7, 11) is 0.257. The molecule has 0 heterocycles. The van der Waals surface area contributed by atoms with Crippen molar-refractivity contribution >= 4 is 10.1 Å². The van der Waals surface area contributed by atoms with Crippen LogP contribution in [0.5, 0.6) is 17.2 Å². The zero-order valence-electron chi connectivity index (χ0n) is 10.7. The van der Waals surface area contributed by atoms with Crippen LogP contribution in [0.1, 0.15) is 6.92 Å². The van der Waals surface area contributed by atoms with Crippen LogP contribution < -0.4 is 14.2 Å². The highest BCUT2D eigenvalue weighted by molar-refractivity contribution is 7.87. The van der Waals surface area contributed by atoms with Crippen molar-refractivity contribution in [2.24, 2.45) is 0 Å². The molecule has 0 aromatic heterocycles. The maximum atomic E-state index is 12.0. The zero-order chi connectivity index (χ0) is 13.8. The maximum Gasteiger partial charge on any atom is 0.304 e. The van der Waals surface area contributed by atoms with Crippen LogP contribution in [0, 0.1) is 0 Å². The van der Waals surface area contributed by atoms with E-state index in [0.29, 0.717) is 5.75 Å². The largest absolute Gasteiger partial charge is 0.496 e. The van der Waals surface area contributed by atoms with Gasteiger partial charge in [0.25, 0.3) is 0 Å². The van der Waals surface area contributed by atoms with E-state index >= 15 is 0 Å². The van der Waals surface area contributed by atoms with Crippen LogP contribution in [0.15, 0.2) is 17.0 Å². The van der Waals surface area contributed by atoms with Crippen molar-refractivity contribution in [2.45, 2.75) is 11.8 Å². The highest BCUT2D eigenvalue weighted by Crippen LogP contribution is 2.38. The number of ether oxygens (including phenoxy) is 3. The Morgan fingerprint density at radius 1 is 1.00 bits per heavy atom. The van der Waals surface area contributed by atoms with E-state index in [9.17, 15) is 8.42 Å².